The van der Waals surface area contributed by atoms with Gasteiger partial charge in [0, 0.05) is 16.2 Å². The number of rotatable bonds is 1. The Morgan fingerprint density at radius 3 is 2.85 bits per heavy atom. The van der Waals surface area contributed by atoms with Gasteiger partial charge in [0.1, 0.15) is 5.75 Å². The summed E-state index contributed by atoms with van der Waals surface area (Å²) in [6, 6.07) is 5.66. The molecule has 0 atom stereocenters. The number of aryl methyl sites for hydroxylation is 1. The first-order valence-corrected chi connectivity index (χ1v) is 4.80. The van der Waals surface area contributed by atoms with Crippen molar-refractivity contribution < 1.29 is 9.84 Å². The fourth-order valence-electron chi connectivity index (χ4n) is 1.40. The van der Waals surface area contributed by atoms with Gasteiger partial charge < -0.3 is 9.84 Å². The highest BCUT2D eigenvalue weighted by Gasteiger charge is 2.07. The van der Waals surface area contributed by atoms with Crippen LogP contribution in [-0.2, 0) is 0 Å². The Labute approximate surface area is 80.4 Å². The number of aromatic hydroxyl groups is 1. The van der Waals surface area contributed by atoms with E-state index in [2.05, 4.69) is 0 Å². The van der Waals surface area contributed by atoms with E-state index in [1.807, 2.05) is 19.1 Å². The molecule has 0 saturated carbocycles. The minimum Gasteiger partial charge on any atom is -0.499 e. The van der Waals surface area contributed by atoms with Gasteiger partial charge in [0.2, 0.25) is 0 Å². The van der Waals surface area contributed by atoms with E-state index in [0.29, 0.717) is 5.06 Å². The minimum absolute atomic E-state index is 0.336. The molecule has 1 aromatic heterocycles. The molecule has 1 N–H and O–H groups in total. The van der Waals surface area contributed by atoms with Crippen LogP contribution < -0.4 is 4.74 Å². The van der Waals surface area contributed by atoms with E-state index in [-0.39, 0.29) is 0 Å². The predicted octanol–water partition coefficient (Wildman–Crippen LogP) is 2.92. The second-order valence-electron chi connectivity index (χ2n) is 2.91. The fraction of sp³-hybridized carbons (Fsp3) is 0.200. The minimum atomic E-state index is 0.336. The second kappa shape index (κ2) is 2.92. The summed E-state index contributed by atoms with van der Waals surface area (Å²) in [6.45, 7) is 2.03. The Bertz CT molecular complexity index is 445. The lowest BCUT2D eigenvalue weighted by molar-refractivity contribution is 0.419. The van der Waals surface area contributed by atoms with Gasteiger partial charge in [-0.05, 0) is 18.6 Å². The molecule has 0 saturated heterocycles. The van der Waals surface area contributed by atoms with Crippen molar-refractivity contribution in [2.75, 3.05) is 7.11 Å². The van der Waals surface area contributed by atoms with E-state index < -0.39 is 0 Å². The summed E-state index contributed by atoms with van der Waals surface area (Å²) in [6.07, 6.45) is 0. The number of methoxy groups -OCH3 is 1. The Morgan fingerprint density at radius 2 is 2.15 bits per heavy atom. The van der Waals surface area contributed by atoms with Crippen LogP contribution >= 0.6 is 11.3 Å². The monoisotopic (exact) mass is 194 g/mol. The number of benzene rings is 1. The smallest absolute Gasteiger partial charge is 0.172 e. The van der Waals surface area contributed by atoms with Crippen molar-refractivity contribution in [3.05, 3.63) is 23.8 Å². The first-order valence-electron chi connectivity index (χ1n) is 3.98. The third-order valence-electron chi connectivity index (χ3n) is 2.05. The highest BCUT2D eigenvalue weighted by Crippen LogP contribution is 2.38. The van der Waals surface area contributed by atoms with Crippen molar-refractivity contribution in [2.24, 2.45) is 0 Å². The number of hydrogen-bond acceptors (Lipinski definition) is 3. The highest BCUT2D eigenvalue weighted by molar-refractivity contribution is 7.20. The number of thiophene rings is 1. The molecule has 0 aliphatic carbocycles. The van der Waals surface area contributed by atoms with E-state index in [1.165, 1.54) is 16.9 Å². The van der Waals surface area contributed by atoms with E-state index in [1.54, 1.807) is 13.2 Å². The first kappa shape index (κ1) is 8.38. The maximum absolute atomic E-state index is 9.36. The Balaban J connectivity index is 2.83. The van der Waals surface area contributed by atoms with Crippen molar-refractivity contribution in [3.63, 3.8) is 0 Å². The summed E-state index contributed by atoms with van der Waals surface area (Å²) in [5.74, 6) is 0.817. The van der Waals surface area contributed by atoms with E-state index in [0.717, 1.165) is 15.8 Å². The molecule has 2 rings (SSSR count). The van der Waals surface area contributed by atoms with Gasteiger partial charge in [0.05, 0.1) is 7.11 Å². The fourth-order valence-corrected chi connectivity index (χ4v) is 2.28. The number of ether oxygens (including phenoxy) is 1. The van der Waals surface area contributed by atoms with E-state index in [4.69, 9.17) is 4.74 Å². The molecule has 13 heavy (non-hydrogen) atoms. The standard InChI is InChI=1S/C10H10O2S/c1-6-3-4-8(12-2)7-5-9(11)13-10(6)7/h3-5,11H,1-2H3. The van der Waals surface area contributed by atoms with Gasteiger partial charge in [-0.1, -0.05) is 17.4 Å². The number of fused-ring (bicyclic) bond motifs is 1. The molecule has 2 nitrogen and oxygen atoms in total. The third kappa shape index (κ3) is 1.25. The van der Waals surface area contributed by atoms with Crippen LogP contribution in [0.1, 0.15) is 5.56 Å². The zero-order valence-electron chi connectivity index (χ0n) is 7.50. The molecule has 68 valence electrons. The SMILES string of the molecule is COc1ccc(C)c2sc(O)cc12. The molecule has 0 spiro atoms. The average molecular weight is 194 g/mol. The molecule has 0 unspecified atom stereocenters. The van der Waals surface area contributed by atoms with Crippen molar-refractivity contribution in [2.45, 2.75) is 6.92 Å². The van der Waals surface area contributed by atoms with Gasteiger partial charge >= 0.3 is 0 Å². The predicted molar refractivity (Wildman–Crippen MR) is 54.8 cm³/mol. The van der Waals surface area contributed by atoms with Gasteiger partial charge in [-0.15, -0.1) is 0 Å². The van der Waals surface area contributed by atoms with Gasteiger partial charge in [0.25, 0.3) is 0 Å². The molecule has 0 aliphatic heterocycles. The van der Waals surface area contributed by atoms with Crippen LogP contribution in [0, 0.1) is 6.92 Å². The Kier molecular flexibility index (Phi) is 1.88. The quantitative estimate of drug-likeness (QED) is 0.756. The second-order valence-corrected chi connectivity index (χ2v) is 3.94. The summed E-state index contributed by atoms with van der Waals surface area (Å²) in [4.78, 5) is 0. The van der Waals surface area contributed by atoms with Crippen LogP contribution in [0.15, 0.2) is 18.2 Å². The maximum Gasteiger partial charge on any atom is 0.172 e. The normalized spacial score (nSPS) is 10.6. The van der Waals surface area contributed by atoms with Crippen LogP contribution in [0.2, 0.25) is 0 Å². The first-order chi connectivity index (χ1) is 6.22. The summed E-state index contributed by atoms with van der Waals surface area (Å²) in [5.41, 5.74) is 1.17. The largest absolute Gasteiger partial charge is 0.499 e. The van der Waals surface area contributed by atoms with Crippen molar-refractivity contribution >= 4 is 21.4 Å². The molecular weight excluding hydrogens is 184 g/mol. The van der Waals surface area contributed by atoms with Crippen LogP contribution in [-0.4, -0.2) is 12.2 Å². The lowest BCUT2D eigenvalue weighted by Gasteiger charge is -2.02. The van der Waals surface area contributed by atoms with Gasteiger partial charge in [-0.3, -0.25) is 0 Å². The molecule has 1 aromatic carbocycles. The zero-order chi connectivity index (χ0) is 9.42. The molecule has 2 aromatic rings. The molecular formula is C10H10O2S. The van der Waals surface area contributed by atoms with Crippen LogP contribution in [0.3, 0.4) is 0 Å². The highest BCUT2D eigenvalue weighted by atomic mass is 32.1. The Morgan fingerprint density at radius 1 is 1.38 bits per heavy atom. The summed E-state index contributed by atoms with van der Waals surface area (Å²) in [7, 11) is 1.64. The lowest BCUT2D eigenvalue weighted by Crippen LogP contribution is -1.83. The number of hydrogen-bond donors (Lipinski definition) is 1. The van der Waals surface area contributed by atoms with Crippen LogP contribution in [0.4, 0.5) is 0 Å². The van der Waals surface area contributed by atoms with Gasteiger partial charge in [-0.2, -0.15) is 0 Å². The molecule has 0 aliphatic rings. The Hall–Kier alpha value is -1.22. The average Bonchev–Trinajstić information content (AvgIpc) is 2.48. The molecule has 0 amide bonds. The van der Waals surface area contributed by atoms with Crippen molar-refractivity contribution in [3.8, 4) is 10.8 Å². The molecule has 1 heterocycles. The zero-order valence-corrected chi connectivity index (χ0v) is 8.31. The summed E-state index contributed by atoms with van der Waals surface area (Å²) < 4.78 is 6.29. The lowest BCUT2D eigenvalue weighted by atomic mass is 10.2. The topological polar surface area (TPSA) is 29.5 Å². The molecule has 0 radical (unpaired) electrons. The van der Waals surface area contributed by atoms with Crippen molar-refractivity contribution in [1.82, 2.24) is 0 Å². The van der Waals surface area contributed by atoms with Gasteiger partial charge in [-0.25, -0.2) is 0 Å². The van der Waals surface area contributed by atoms with Gasteiger partial charge in [0.15, 0.2) is 5.06 Å². The third-order valence-corrected chi connectivity index (χ3v) is 3.12. The molecule has 0 bridgehead atoms. The molecule has 0 fully saturated rings. The summed E-state index contributed by atoms with van der Waals surface area (Å²) in [5, 5.41) is 10.7. The van der Waals surface area contributed by atoms with Crippen LogP contribution in [0.5, 0.6) is 10.8 Å². The summed E-state index contributed by atoms with van der Waals surface area (Å²) >= 11 is 1.38. The van der Waals surface area contributed by atoms with Crippen LogP contribution in [0.25, 0.3) is 10.1 Å². The van der Waals surface area contributed by atoms with Crippen molar-refractivity contribution in [1.29, 1.82) is 0 Å². The maximum atomic E-state index is 9.36. The van der Waals surface area contributed by atoms with E-state index in [9.17, 15) is 5.11 Å². The molecule has 3 heteroatoms. The van der Waals surface area contributed by atoms with E-state index >= 15 is 0 Å².